The maximum Gasteiger partial charge on any atom is 0.399 e. The number of rotatable bonds is 3. The van der Waals surface area contributed by atoms with Gasteiger partial charge in [-0.2, -0.15) is 4.98 Å². The molecule has 1 heterocycles. The summed E-state index contributed by atoms with van der Waals surface area (Å²) in [7, 11) is 0. The fraction of sp³-hybridized carbons (Fsp3) is 0.182. The lowest BCUT2D eigenvalue weighted by atomic mass is 10.2. The molecule has 0 aliphatic rings. The van der Waals surface area contributed by atoms with Gasteiger partial charge in [-0.25, -0.2) is 0 Å². The molecule has 84 valence electrons. The molecule has 2 aromatic rings. The first-order chi connectivity index (χ1) is 7.69. The van der Waals surface area contributed by atoms with Crippen LogP contribution in [0.15, 0.2) is 33.4 Å². The Morgan fingerprint density at radius 3 is 2.94 bits per heavy atom. The summed E-state index contributed by atoms with van der Waals surface area (Å²) in [4.78, 5) is 4.06. The molecule has 0 saturated heterocycles. The predicted molar refractivity (Wildman–Crippen MR) is 63.3 cm³/mol. The Kier molecular flexibility index (Phi) is 3.26. The summed E-state index contributed by atoms with van der Waals surface area (Å²) in [6.07, 6.45) is 1.70. The maximum atomic E-state index is 5.49. The average Bonchev–Trinajstić information content (AvgIpc) is 2.70. The van der Waals surface area contributed by atoms with Crippen LogP contribution in [0.5, 0.6) is 11.8 Å². The van der Waals surface area contributed by atoms with Crippen LogP contribution in [0.25, 0.3) is 0 Å². The van der Waals surface area contributed by atoms with Gasteiger partial charge in [-0.05, 0) is 30.7 Å². The van der Waals surface area contributed by atoms with Gasteiger partial charge in [0, 0.05) is 11.0 Å². The quantitative estimate of drug-likeness (QED) is 0.940. The van der Waals surface area contributed by atoms with Crippen molar-refractivity contribution in [3.05, 3.63) is 40.2 Å². The molecular weight excluding hydrogens is 272 g/mol. The molecule has 0 fully saturated rings. The van der Waals surface area contributed by atoms with Crippen LogP contribution in [0.3, 0.4) is 0 Å². The van der Waals surface area contributed by atoms with E-state index in [0.717, 1.165) is 10.0 Å². The molecule has 1 aromatic carbocycles. The lowest BCUT2D eigenvalue weighted by molar-refractivity contribution is 0.329. The van der Waals surface area contributed by atoms with E-state index in [9.17, 15) is 0 Å². The van der Waals surface area contributed by atoms with Crippen molar-refractivity contribution in [3.8, 4) is 11.8 Å². The minimum atomic E-state index is 0.214. The smallest absolute Gasteiger partial charge is 0.399 e. The molecule has 0 saturated carbocycles. The summed E-state index contributed by atoms with van der Waals surface area (Å²) in [5, 5.41) is 0. The van der Waals surface area contributed by atoms with Crippen molar-refractivity contribution < 1.29 is 9.15 Å². The molecule has 16 heavy (non-hydrogen) atoms. The number of aromatic nitrogens is 1. The molecule has 0 aliphatic heterocycles. The van der Waals surface area contributed by atoms with Crippen LogP contribution in [0, 0.1) is 6.92 Å². The zero-order valence-electron chi connectivity index (χ0n) is 8.74. The highest BCUT2D eigenvalue weighted by Crippen LogP contribution is 2.26. The van der Waals surface area contributed by atoms with Gasteiger partial charge in [0.2, 0.25) is 0 Å². The largest absolute Gasteiger partial charge is 0.417 e. The second-order valence-corrected chi connectivity index (χ2v) is 4.24. The Hall–Kier alpha value is -1.33. The molecule has 1 aromatic heterocycles. The summed E-state index contributed by atoms with van der Waals surface area (Å²) in [5.41, 5.74) is 7.09. The van der Waals surface area contributed by atoms with Crippen LogP contribution in [-0.2, 0) is 6.54 Å². The monoisotopic (exact) mass is 282 g/mol. The van der Waals surface area contributed by atoms with Crippen LogP contribution in [0.2, 0.25) is 0 Å². The highest BCUT2D eigenvalue weighted by Gasteiger charge is 2.07. The summed E-state index contributed by atoms with van der Waals surface area (Å²) in [6.45, 7) is 2.29. The number of hydrogen-bond acceptors (Lipinski definition) is 4. The van der Waals surface area contributed by atoms with Gasteiger partial charge in [0.05, 0.1) is 5.69 Å². The third kappa shape index (κ3) is 2.43. The fourth-order valence-corrected chi connectivity index (χ4v) is 1.73. The third-order valence-corrected chi connectivity index (χ3v) is 2.57. The minimum absolute atomic E-state index is 0.214. The summed E-state index contributed by atoms with van der Waals surface area (Å²) in [5.74, 6) is 0.716. The standard InChI is InChI=1S/C11H11BrN2O2/c1-7-4-8(12)2-3-10(7)16-11-14-9(5-13)6-15-11/h2-4,6H,5,13H2,1H3. The van der Waals surface area contributed by atoms with Gasteiger partial charge in [-0.3, -0.25) is 0 Å². The Morgan fingerprint density at radius 2 is 2.31 bits per heavy atom. The average molecular weight is 283 g/mol. The van der Waals surface area contributed by atoms with Gasteiger partial charge in [-0.1, -0.05) is 15.9 Å². The van der Waals surface area contributed by atoms with E-state index < -0.39 is 0 Å². The Morgan fingerprint density at radius 1 is 1.50 bits per heavy atom. The maximum absolute atomic E-state index is 5.49. The summed E-state index contributed by atoms with van der Waals surface area (Å²) >= 11 is 3.39. The Balaban J connectivity index is 2.20. The lowest BCUT2D eigenvalue weighted by Gasteiger charge is -2.04. The lowest BCUT2D eigenvalue weighted by Crippen LogP contribution is -1.96. The van der Waals surface area contributed by atoms with Crippen molar-refractivity contribution in [2.75, 3.05) is 0 Å². The van der Waals surface area contributed by atoms with Crippen molar-refractivity contribution in [3.63, 3.8) is 0 Å². The normalized spacial score (nSPS) is 10.4. The molecular formula is C11H11BrN2O2. The van der Waals surface area contributed by atoms with E-state index in [1.165, 1.54) is 6.26 Å². The van der Waals surface area contributed by atoms with E-state index in [2.05, 4.69) is 20.9 Å². The number of nitrogens with two attached hydrogens (primary N) is 1. The highest BCUT2D eigenvalue weighted by molar-refractivity contribution is 9.10. The molecule has 0 radical (unpaired) electrons. The molecule has 5 heteroatoms. The van der Waals surface area contributed by atoms with Gasteiger partial charge in [0.15, 0.2) is 0 Å². The third-order valence-electron chi connectivity index (χ3n) is 2.07. The van der Waals surface area contributed by atoms with Crippen molar-refractivity contribution in [2.45, 2.75) is 13.5 Å². The SMILES string of the molecule is Cc1cc(Br)ccc1Oc1nc(CN)co1. The number of benzene rings is 1. The molecule has 0 unspecified atom stereocenters. The highest BCUT2D eigenvalue weighted by atomic mass is 79.9. The van der Waals surface area contributed by atoms with E-state index in [1.807, 2.05) is 25.1 Å². The minimum Gasteiger partial charge on any atom is -0.417 e. The Bertz CT molecular complexity index is 496. The first kappa shape index (κ1) is 11.2. The molecule has 0 spiro atoms. The fourth-order valence-electron chi connectivity index (χ4n) is 1.25. The van der Waals surface area contributed by atoms with Gasteiger partial charge in [0.1, 0.15) is 12.0 Å². The Labute approximate surface area is 102 Å². The first-order valence-electron chi connectivity index (χ1n) is 4.77. The van der Waals surface area contributed by atoms with Gasteiger partial charge < -0.3 is 14.9 Å². The van der Waals surface area contributed by atoms with Crippen molar-refractivity contribution in [2.24, 2.45) is 5.73 Å². The molecule has 0 bridgehead atoms. The van der Waals surface area contributed by atoms with Gasteiger partial charge in [0.25, 0.3) is 0 Å². The van der Waals surface area contributed by atoms with Gasteiger partial charge in [-0.15, -0.1) is 0 Å². The van der Waals surface area contributed by atoms with E-state index >= 15 is 0 Å². The molecule has 2 rings (SSSR count). The zero-order chi connectivity index (χ0) is 11.5. The summed E-state index contributed by atoms with van der Waals surface area (Å²) < 4.78 is 11.6. The molecule has 0 aliphatic carbocycles. The van der Waals surface area contributed by atoms with Crippen LogP contribution in [0.4, 0.5) is 0 Å². The second-order valence-electron chi connectivity index (χ2n) is 3.32. The van der Waals surface area contributed by atoms with Crippen LogP contribution < -0.4 is 10.5 Å². The van der Waals surface area contributed by atoms with Crippen molar-refractivity contribution >= 4 is 15.9 Å². The molecule has 0 amide bonds. The number of hydrogen-bond donors (Lipinski definition) is 1. The van der Waals surface area contributed by atoms with Gasteiger partial charge >= 0.3 is 6.08 Å². The number of oxazole rings is 1. The van der Waals surface area contributed by atoms with E-state index in [-0.39, 0.29) is 6.08 Å². The number of halogens is 1. The first-order valence-corrected chi connectivity index (χ1v) is 5.57. The van der Waals surface area contributed by atoms with Crippen LogP contribution in [0.1, 0.15) is 11.3 Å². The van der Waals surface area contributed by atoms with Crippen molar-refractivity contribution in [1.82, 2.24) is 4.98 Å². The van der Waals surface area contributed by atoms with Crippen LogP contribution >= 0.6 is 15.9 Å². The van der Waals surface area contributed by atoms with Crippen LogP contribution in [-0.4, -0.2) is 4.98 Å². The number of ether oxygens (including phenoxy) is 1. The topological polar surface area (TPSA) is 61.3 Å². The zero-order valence-corrected chi connectivity index (χ0v) is 10.3. The van der Waals surface area contributed by atoms with E-state index in [4.69, 9.17) is 14.9 Å². The van der Waals surface area contributed by atoms with E-state index in [0.29, 0.717) is 18.0 Å². The summed E-state index contributed by atoms with van der Waals surface area (Å²) in [6, 6.07) is 5.71. The van der Waals surface area contributed by atoms with Crippen molar-refractivity contribution in [1.29, 1.82) is 0 Å². The molecule has 0 atom stereocenters. The van der Waals surface area contributed by atoms with E-state index in [1.54, 1.807) is 0 Å². The number of nitrogens with zero attached hydrogens (tertiary/aromatic N) is 1. The second kappa shape index (κ2) is 4.67. The number of aryl methyl sites for hydroxylation is 1. The molecule has 4 nitrogen and oxygen atoms in total. The molecule has 2 N–H and O–H groups in total. The predicted octanol–water partition coefficient (Wildman–Crippen LogP) is 3.00.